The molecule has 0 amide bonds. The van der Waals surface area contributed by atoms with E-state index in [0.717, 1.165) is 23.9 Å². The molecule has 2 heteroatoms. The van der Waals surface area contributed by atoms with Crippen molar-refractivity contribution in [3.63, 3.8) is 0 Å². The Bertz CT molecular complexity index is 281. The largest absolute Gasteiger partial charge is 0.312 e. The van der Waals surface area contributed by atoms with Crippen LogP contribution >= 0.6 is 0 Å². The molecule has 3 aliphatic rings. The first-order valence-corrected chi connectivity index (χ1v) is 9.34. The zero-order valence-corrected chi connectivity index (χ0v) is 13.4. The predicted molar refractivity (Wildman–Crippen MR) is 86.0 cm³/mol. The molecule has 20 heavy (non-hydrogen) atoms. The van der Waals surface area contributed by atoms with Crippen LogP contribution in [-0.2, 0) is 0 Å². The van der Waals surface area contributed by atoms with Crippen molar-refractivity contribution < 1.29 is 0 Å². The normalized spacial score (nSPS) is 31.9. The Balaban J connectivity index is 1.57. The zero-order chi connectivity index (χ0) is 13.8. The minimum atomic E-state index is 0.783. The van der Waals surface area contributed by atoms with Crippen LogP contribution in [0.5, 0.6) is 0 Å². The molecule has 0 aromatic carbocycles. The molecule has 2 unspecified atom stereocenters. The number of hydrogen-bond acceptors (Lipinski definition) is 2. The van der Waals surface area contributed by atoms with Crippen LogP contribution in [-0.4, -0.2) is 36.6 Å². The molecule has 116 valence electrons. The molecule has 0 spiro atoms. The van der Waals surface area contributed by atoms with Gasteiger partial charge in [-0.2, -0.15) is 0 Å². The summed E-state index contributed by atoms with van der Waals surface area (Å²) in [5.41, 5.74) is 0. The molecule has 1 heterocycles. The highest BCUT2D eigenvalue weighted by atomic mass is 15.2. The van der Waals surface area contributed by atoms with E-state index in [2.05, 4.69) is 17.1 Å². The third-order valence-electron chi connectivity index (χ3n) is 5.97. The highest BCUT2D eigenvalue weighted by Crippen LogP contribution is 2.36. The molecule has 3 rings (SSSR count). The van der Waals surface area contributed by atoms with Gasteiger partial charge in [0.05, 0.1) is 0 Å². The van der Waals surface area contributed by atoms with Crippen molar-refractivity contribution in [2.75, 3.05) is 19.6 Å². The van der Waals surface area contributed by atoms with E-state index in [1.165, 1.54) is 83.8 Å². The van der Waals surface area contributed by atoms with Crippen molar-refractivity contribution in [1.29, 1.82) is 0 Å². The van der Waals surface area contributed by atoms with Crippen LogP contribution < -0.4 is 5.32 Å². The van der Waals surface area contributed by atoms with Gasteiger partial charge in [-0.25, -0.2) is 0 Å². The van der Waals surface area contributed by atoms with Crippen molar-refractivity contribution in [2.24, 2.45) is 11.8 Å². The molecule has 3 fully saturated rings. The molecule has 2 nitrogen and oxygen atoms in total. The van der Waals surface area contributed by atoms with Crippen LogP contribution in [0, 0.1) is 11.8 Å². The molecule has 1 saturated heterocycles. The van der Waals surface area contributed by atoms with Crippen LogP contribution in [0.25, 0.3) is 0 Å². The monoisotopic (exact) mass is 278 g/mol. The highest BCUT2D eigenvalue weighted by molar-refractivity contribution is 4.88. The molecule has 2 atom stereocenters. The van der Waals surface area contributed by atoms with E-state index in [1.807, 2.05) is 0 Å². The van der Waals surface area contributed by atoms with Crippen molar-refractivity contribution >= 4 is 0 Å². The lowest BCUT2D eigenvalue weighted by Gasteiger charge is -2.36. The second-order valence-electron chi connectivity index (χ2n) is 7.55. The van der Waals surface area contributed by atoms with Crippen LogP contribution in [0.4, 0.5) is 0 Å². The third-order valence-corrected chi connectivity index (χ3v) is 5.97. The summed E-state index contributed by atoms with van der Waals surface area (Å²) in [5, 5.41) is 3.89. The van der Waals surface area contributed by atoms with Gasteiger partial charge in [0.25, 0.3) is 0 Å². The molecule has 0 aromatic heterocycles. The topological polar surface area (TPSA) is 15.3 Å². The van der Waals surface area contributed by atoms with Gasteiger partial charge in [0.2, 0.25) is 0 Å². The van der Waals surface area contributed by atoms with E-state index in [9.17, 15) is 0 Å². The van der Waals surface area contributed by atoms with Crippen molar-refractivity contribution in [3.8, 4) is 0 Å². The van der Waals surface area contributed by atoms with Gasteiger partial charge < -0.3 is 5.32 Å². The first-order valence-electron chi connectivity index (χ1n) is 9.34. The lowest BCUT2D eigenvalue weighted by molar-refractivity contribution is 0.148. The average molecular weight is 278 g/mol. The number of nitrogens with one attached hydrogen (secondary N) is 1. The molecule has 2 aliphatic carbocycles. The Hall–Kier alpha value is -0.0800. The van der Waals surface area contributed by atoms with E-state index in [-0.39, 0.29) is 0 Å². The zero-order valence-electron chi connectivity index (χ0n) is 13.4. The Morgan fingerprint density at radius 3 is 2.55 bits per heavy atom. The fourth-order valence-electron chi connectivity index (χ4n) is 4.47. The molecule has 0 bridgehead atoms. The molecule has 0 radical (unpaired) electrons. The molecule has 2 saturated carbocycles. The highest BCUT2D eigenvalue weighted by Gasteiger charge is 2.32. The summed E-state index contributed by atoms with van der Waals surface area (Å²) < 4.78 is 0. The average Bonchev–Trinajstić information content (AvgIpc) is 3.32. The first-order chi connectivity index (χ1) is 9.86. The van der Waals surface area contributed by atoms with Crippen molar-refractivity contribution in [1.82, 2.24) is 10.2 Å². The van der Waals surface area contributed by atoms with Crippen LogP contribution in [0.1, 0.15) is 71.1 Å². The summed E-state index contributed by atoms with van der Waals surface area (Å²) in [6.07, 6.45) is 14.6. The fraction of sp³-hybridized carbons (Fsp3) is 1.00. The Morgan fingerprint density at radius 1 is 1.05 bits per heavy atom. The van der Waals surface area contributed by atoms with Gasteiger partial charge in [0.15, 0.2) is 0 Å². The third kappa shape index (κ3) is 3.98. The SMILES string of the molecule is CCC(CC1CC1)N1CCCNC(C2CCCCC2)C1. The summed E-state index contributed by atoms with van der Waals surface area (Å²) in [4.78, 5) is 2.86. The molecule has 1 N–H and O–H groups in total. The summed E-state index contributed by atoms with van der Waals surface area (Å²) in [5.74, 6) is 2.03. The fourth-order valence-corrected chi connectivity index (χ4v) is 4.47. The van der Waals surface area contributed by atoms with E-state index in [1.54, 1.807) is 0 Å². The minimum Gasteiger partial charge on any atom is -0.312 e. The van der Waals surface area contributed by atoms with Gasteiger partial charge in [0, 0.05) is 18.6 Å². The Kier molecular flexibility index (Phi) is 5.39. The maximum atomic E-state index is 3.89. The van der Waals surface area contributed by atoms with E-state index >= 15 is 0 Å². The van der Waals surface area contributed by atoms with E-state index in [0.29, 0.717) is 0 Å². The Morgan fingerprint density at radius 2 is 1.85 bits per heavy atom. The summed E-state index contributed by atoms with van der Waals surface area (Å²) >= 11 is 0. The van der Waals surface area contributed by atoms with Gasteiger partial charge in [-0.15, -0.1) is 0 Å². The number of nitrogens with zero attached hydrogens (tertiary/aromatic N) is 1. The maximum Gasteiger partial charge on any atom is 0.0223 e. The Labute approximate surface area is 125 Å². The van der Waals surface area contributed by atoms with Crippen LogP contribution in [0.2, 0.25) is 0 Å². The van der Waals surface area contributed by atoms with Gasteiger partial charge >= 0.3 is 0 Å². The smallest absolute Gasteiger partial charge is 0.0223 e. The predicted octanol–water partition coefficient (Wildman–Crippen LogP) is 3.81. The van der Waals surface area contributed by atoms with Crippen LogP contribution in [0.3, 0.4) is 0 Å². The van der Waals surface area contributed by atoms with Crippen LogP contribution in [0.15, 0.2) is 0 Å². The maximum absolute atomic E-state index is 3.89. The summed E-state index contributed by atoms with van der Waals surface area (Å²) in [7, 11) is 0. The van der Waals surface area contributed by atoms with Gasteiger partial charge in [-0.1, -0.05) is 39.0 Å². The van der Waals surface area contributed by atoms with E-state index in [4.69, 9.17) is 0 Å². The minimum absolute atomic E-state index is 0.783. The summed E-state index contributed by atoms with van der Waals surface area (Å²) in [6.45, 7) is 6.32. The quantitative estimate of drug-likeness (QED) is 0.822. The summed E-state index contributed by atoms with van der Waals surface area (Å²) in [6, 6.07) is 1.65. The van der Waals surface area contributed by atoms with Crippen molar-refractivity contribution in [2.45, 2.75) is 83.2 Å². The number of rotatable bonds is 5. The molecular weight excluding hydrogens is 244 g/mol. The lowest BCUT2D eigenvalue weighted by Crippen LogP contribution is -2.46. The van der Waals surface area contributed by atoms with Crippen molar-refractivity contribution in [3.05, 3.63) is 0 Å². The molecule has 1 aliphatic heterocycles. The first kappa shape index (κ1) is 14.8. The van der Waals surface area contributed by atoms with Gasteiger partial charge in [-0.05, 0) is 57.0 Å². The number of hydrogen-bond donors (Lipinski definition) is 1. The second-order valence-corrected chi connectivity index (χ2v) is 7.55. The van der Waals surface area contributed by atoms with Gasteiger partial charge in [-0.3, -0.25) is 4.90 Å². The second kappa shape index (κ2) is 7.26. The standard InChI is InChI=1S/C18H34N2/c1-2-17(13-15-9-10-15)20-12-6-11-19-18(14-20)16-7-4-3-5-8-16/h15-19H,2-14H2,1H3. The molecule has 0 aromatic rings. The molecular formula is C18H34N2. The lowest BCUT2D eigenvalue weighted by atomic mass is 9.83. The van der Waals surface area contributed by atoms with Gasteiger partial charge in [0.1, 0.15) is 0 Å². The van der Waals surface area contributed by atoms with E-state index < -0.39 is 0 Å².